The van der Waals surface area contributed by atoms with Gasteiger partial charge in [0.25, 0.3) is 0 Å². The number of piperidine rings is 1. The Morgan fingerprint density at radius 1 is 1.50 bits per heavy atom. The van der Waals surface area contributed by atoms with Crippen molar-refractivity contribution < 1.29 is 4.79 Å². The zero-order valence-electron chi connectivity index (χ0n) is 12.1. The van der Waals surface area contributed by atoms with Crippen molar-refractivity contribution in [2.45, 2.75) is 32.2 Å². The molecule has 20 heavy (non-hydrogen) atoms. The summed E-state index contributed by atoms with van der Waals surface area (Å²) in [6.45, 7) is 4.28. The number of halogens is 1. The smallest absolute Gasteiger partial charge is 0.226 e. The number of amides is 1. The molecule has 2 aliphatic rings. The normalized spacial score (nSPS) is 24.8. The van der Waals surface area contributed by atoms with E-state index >= 15 is 0 Å². The van der Waals surface area contributed by atoms with Gasteiger partial charge in [-0.1, -0.05) is 6.07 Å². The number of nitrogens with zero attached hydrogens (tertiary/aromatic N) is 1. The Hall–Kier alpha value is -0.580. The van der Waals surface area contributed by atoms with E-state index in [0.29, 0.717) is 11.3 Å². The van der Waals surface area contributed by atoms with Gasteiger partial charge in [-0.2, -0.15) is 0 Å². The first-order chi connectivity index (χ1) is 9.14. The summed E-state index contributed by atoms with van der Waals surface area (Å²) in [4.78, 5) is 15.9. The minimum absolute atomic E-state index is 0. The van der Waals surface area contributed by atoms with Gasteiger partial charge in [0.15, 0.2) is 0 Å². The third-order valence-corrected chi connectivity index (χ3v) is 6.01. The third-order valence-electron chi connectivity index (χ3n) is 4.97. The predicted molar refractivity (Wildman–Crippen MR) is 85.4 cm³/mol. The van der Waals surface area contributed by atoms with Crippen LogP contribution in [0.3, 0.4) is 0 Å². The highest BCUT2D eigenvalue weighted by molar-refractivity contribution is 7.10. The second kappa shape index (κ2) is 6.04. The topological polar surface area (TPSA) is 32.3 Å². The van der Waals surface area contributed by atoms with Crippen LogP contribution in [0.2, 0.25) is 0 Å². The van der Waals surface area contributed by atoms with Gasteiger partial charge in [0.2, 0.25) is 5.91 Å². The van der Waals surface area contributed by atoms with Gasteiger partial charge in [-0.15, -0.1) is 23.7 Å². The van der Waals surface area contributed by atoms with Gasteiger partial charge in [0.05, 0.1) is 6.04 Å². The first kappa shape index (κ1) is 15.8. The van der Waals surface area contributed by atoms with E-state index in [1.54, 1.807) is 11.3 Å². The molecular formula is C15H23ClN2OS. The van der Waals surface area contributed by atoms with Gasteiger partial charge in [-0.3, -0.25) is 4.79 Å². The monoisotopic (exact) mass is 314 g/mol. The van der Waals surface area contributed by atoms with E-state index < -0.39 is 0 Å². The zero-order chi connectivity index (χ0) is 13.5. The average molecular weight is 315 g/mol. The summed E-state index contributed by atoms with van der Waals surface area (Å²) in [7, 11) is 1.96. The molecule has 0 bridgehead atoms. The second-order valence-electron chi connectivity index (χ2n) is 6.01. The van der Waals surface area contributed by atoms with E-state index in [4.69, 9.17) is 0 Å². The van der Waals surface area contributed by atoms with Crippen LogP contribution in [0.15, 0.2) is 17.5 Å². The lowest BCUT2D eigenvalue weighted by Gasteiger charge is -2.28. The minimum Gasteiger partial charge on any atom is -0.338 e. The number of thiophene rings is 1. The quantitative estimate of drug-likeness (QED) is 0.930. The van der Waals surface area contributed by atoms with Gasteiger partial charge in [-0.25, -0.2) is 0 Å². The molecule has 1 saturated carbocycles. The van der Waals surface area contributed by atoms with Crippen molar-refractivity contribution in [2.24, 2.45) is 11.3 Å². The number of carbonyl (C=O) groups excluding carboxylic acids is 1. The fourth-order valence-corrected chi connectivity index (χ4v) is 4.16. The first-order valence-electron chi connectivity index (χ1n) is 7.15. The SMILES string of the molecule is CC(c1cccs1)N(C)C(=O)C1CC12CCNCC2.Cl. The molecule has 2 unspecified atom stereocenters. The molecule has 3 nitrogen and oxygen atoms in total. The maximum atomic E-state index is 12.6. The number of hydrogen-bond donors (Lipinski definition) is 1. The Morgan fingerprint density at radius 2 is 2.20 bits per heavy atom. The molecule has 1 saturated heterocycles. The Morgan fingerprint density at radius 3 is 2.80 bits per heavy atom. The van der Waals surface area contributed by atoms with Gasteiger partial charge in [-0.05, 0) is 56.1 Å². The van der Waals surface area contributed by atoms with Crippen molar-refractivity contribution in [1.29, 1.82) is 0 Å². The molecule has 1 N–H and O–H groups in total. The Kier molecular flexibility index (Phi) is 4.77. The first-order valence-corrected chi connectivity index (χ1v) is 8.03. The summed E-state index contributed by atoms with van der Waals surface area (Å²) in [5, 5.41) is 5.47. The molecule has 1 aliphatic carbocycles. The van der Waals surface area contributed by atoms with Crippen LogP contribution in [0.1, 0.15) is 37.1 Å². The van der Waals surface area contributed by atoms with Crippen molar-refractivity contribution in [3.8, 4) is 0 Å². The van der Waals surface area contributed by atoms with E-state index in [9.17, 15) is 4.79 Å². The molecule has 2 atom stereocenters. The summed E-state index contributed by atoms with van der Waals surface area (Å²) in [6, 6.07) is 4.37. The Labute approximate surface area is 131 Å². The molecule has 1 aliphatic heterocycles. The molecule has 2 heterocycles. The second-order valence-corrected chi connectivity index (χ2v) is 6.99. The molecule has 5 heteroatoms. The summed E-state index contributed by atoms with van der Waals surface area (Å²) >= 11 is 1.73. The zero-order valence-corrected chi connectivity index (χ0v) is 13.7. The molecule has 1 amide bonds. The molecule has 0 radical (unpaired) electrons. The predicted octanol–water partition coefficient (Wildman–Crippen LogP) is 3.08. The van der Waals surface area contributed by atoms with E-state index in [2.05, 4.69) is 29.8 Å². The van der Waals surface area contributed by atoms with Gasteiger partial charge in [0.1, 0.15) is 0 Å². The lowest BCUT2D eigenvalue weighted by molar-refractivity contribution is -0.134. The maximum absolute atomic E-state index is 12.6. The van der Waals surface area contributed by atoms with E-state index in [1.165, 1.54) is 17.7 Å². The number of nitrogens with one attached hydrogen (secondary N) is 1. The molecule has 2 fully saturated rings. The highest BCUT2D eigenvalue weighted by Gasteiger charge is 2.58. The van der Waals surface area contributed by atoms with Crippen LogP contribution in [0.4, 0.5) is 0 Å². The molecule has 1 aromatic rings. The molecule has 0 aromatic carbocycles. The van der Waals surface area contributed by atoms with Crippen molar-refractivity contribution in [3.05, 3.63) is 22.4 Å². The van der Waals surface area contributed by atoms with Crippen LogP contribution in [-0.4, -0.2) is 30.9 Å². The molecule has 3 rings (SSSR count). The largest absolute Gasteiger partial charge is 0.338 e. The molecule has 112 valence electrons. The number of carbonyl (C=O) groups is 1. The summed E-state index contributed by atoms with van der Waals surface area (Å²) < 4.78 is 0. The van der Waals surface area contributed by atoms with Crippen LogP contribution < -0.4 is 5.32 Å². The van der Waals surface area contributed by atoms with Crippen LogP contribution in [0.5, 0.6) is 0 Å². The Balaban J connectivity index is 0.00000147. The summed E-state index contributed by atoms with van der Waals surface area (Å²) in [5.41, 5.74) is 0.339. The van der Waals surface area contributed by atoms with Crippen LogP contribution in [0.25, 0.3) is 0 Å². The maximum Gasteiger partial charge on any atom is 0.226 e. The highest BCUT2D eigenvalue weighted by atomic mass is 35.5. The lowest BCUT2D eigenvalue weighted by Crippen LogP contribution is -2.35. The summed E-state index contributed by atoms with van der Waals surface area (Å²) in [6.07, 6.45) is 3.45. The van der Waals surface area contributed by atoms with Crippen molar-refractivity contribution in [1.82, 2.24) is 10.2 Å². The van der Waals surface area contributed by atoms with Crippen LogP contribution >= 0.6 is 23.7 Å². The minimum atomic E-state index is 0. The summed E-state index contributed by atoms with van der Waals surface area (Å²) in [5.74, 6) is 0.629. The van der Waals surface area contributed by atoms with Gasteiger partial charge in [0, 0.05) is 17.8 Å². The average Bonchev–Trinajstić information content (AvgIpc) is 2.90. The molecular weight excluding hydrogens is 292 g/mol. The third kappa shape index (κ3) is 2.74. The highest BCUT2D eigenvalue weighted by Crippen LogP contribution is 2.59. The van der Waals surface area contributed by atoms with Crippen molar-refractivity contribution in [3.63, 3.8) is 0 Å². The van der Waals surface area contributed by atoms with Crippen LogP contribution in [-0.2, 0) is 4.79 Å². The number of rotatable bonds is 3. The number of hydrogen-bond acceptors (Lipinski definition) is 3. The van der Waals surface area contributed by atoms with Gasteiger partial charge < -0.3 is 10.2 Å². The van der Waals surface area contributed by atoms with Gasteiger partial charge >= 0.3 is 0 Å². The van der Waals surface area contributed by atoms with E-state index in [0.717, 1.165) is 19.5 Å². The van der Waals surface area contributed by atoms with Crippen molar-refractivity contribution >= 4 is 29.7 Å². The standard InChI is InChI=1S/C15H22N2OS.ClH/c1-11(13-4-3-9-19-13)17(2)14(18)12-10-15(12)5-7-16-8-6-15;/h3-4,9,11-12,16H,5-8,10H2,1-2H3;1H. The fourth-order valence-electron chi connectivity index (χ4n) is 3.33. The fraction of sp³-hybridized carbons (Fsp3) is 0.667. The lowest BCUT2D eigenvalue weighted by atomic mass is 9.91. The molecule has 1 aromatic heterocycles. The van der Waals surface area contributed by atoms with Crippen molar-refractivity contribution in [2.75, 3.05) is 20.1 Å². The van der Waals surface area contributed by atoms with Crippen LogP contribution in [0, 0.1) is 11.3 Å². The van der Waals surface area contributed by atoms with E-state index in [1.807, 2.05) is 11.9 Å². The Bertz CT molecular complexity index is 456. The van der Waals surface area contributed by atoms with E-state index in [-0.39, 0.29) is 24.4 Å². The molecule has 1 spiro atoms.